The van der Waals surface area contributed by atoms with Crippen LogP contribution in [0, 0.1) is 5.92 Å². The maximum absolute atomic E-state index is 5.64. The zero-order valence-corrected chi connectivity index (χ0v) is 12.1. The van der Waals surface area contributed by atoms with Gasteiger partial charge in [-0.15, -0.1) is 0 Å². The van der Waals surface area contributed by atoms with Crippen LogP contribution in [0.15, 0.2) is 6.07 Å². The van der Waals surface area contributed by atoms with Gasteiger partial charge in [0.15, 0.2) is 6.29 Å². The van der Waals surface area contributed by atoms with Crippen LogP contribution in [0.5, 0.6) is 5.88 Å². The first kappa shape index (κ1) is 15.0. The lowest BCUT2D eigenvalue weighted by atomic mass is 9.95. The van der Waals surface area contributed by atoms with Gasteiger partial charge in [-0.1, -0.05) is 20.8 Å². The maximum atomic E-state index is 5.64. The molecule has 1 aromatic rings. The first-order valence-electron chi connectivity index (χ1n) is 6.21. The molecule has 1 aromatic heterocycles. The molecule has 5 heteroatoms. The Labute approximate surface area is 109 Å². The number of aryl methyl sites for hydroxylation is 1. The first-order valence-corrected chi connectivity index (χ1v) is 6.21. The third-order valence-electron chi connectivity index (χ3n) is 3.22. The van der Waals surface area contributed by atoms with Gasteiger partial charge in [0.25, 0.3) is 0 Å². The molecule has 1 rings (SSSR count). The number of hydrogen-bond donors (Lipinski definition) is 0. The van der Waals surface area contributed by atoms with E-state index in [0.717, 1.165) is 11.6 Å². The van der Waals surface area contributed by atoms with Crippen molar-refractivity contribution in [2.24, 2.45) is 13.0 Å². The van der Waals surface area contributed by atoms with Gasteiger partial charge >= 0.3 is 0 Å². The molecule has 0 saturated carbocycles. The van der Waals surface area contributed by atoms with Crippen molar-refractivity contribution in [2.45, 2.75) is 33.0 Å². The summed E-state index contributed by atoms with van der Waals surface area (Å²) < 4.78 is 17.5. The Morgan fingerprint density at radius 3 is 2.33 bits per heavy atom. The van der Waals surface area contributed by atoms with Crippen molar-refractivity contribution in [3.63, 3.8) is 0 Å². The smallest absolute Gasteiger partial charge is 0.211 e. The minimum Gasteiger partial charge on any atom is -0.472 e. The van der Waals surface area contributed by atoms with Gasteiger partial charge < -0.3 is 14.2 Å². The van der Waals surface area contributed by atoms with Crippen molar-refractivity contribution < 1.29 is 14.2 Å². The van der Waals surface area contributed by atoms with Crippen molar-refractivity contribution in [3.8, 4) is 5.88 Å². The standard InChI is InChI=1S/C13H24N2O3/c1-9(2)10(3)11-7-12(15(4)14-11)18-8-13(16-5)17-6/h7,9-10,13H,8H2,1-6H3. The van der Waals surface area contributed by atoms with Crippen molar-refractivity contribution in [3.05, 3.63) is 11.8 Å². The molecule has 0 saturated heterocycles. The van der Waals surface area contributed by atoms with Crippen molar-refractivity contribution in [2.75, 3.05) is 20.8 Å². The van der Waals surface area contributed by atoms with E-state index in [9.17, 15) is 0 Å². The lowest BCUT2D eigenvalue weighted by Gasteiger charge is -2.13. The highest BCUT2D eigenvalue weighted by atomic mass is 16.7. The Morgan fingerprint density at radius 2 is 1.83 bits per heavy atom. The molecule has 0 amide bonds. The van der Waals surface area contributed by atoms with E-state index < -0.39 is 0 Å². The van der Waals surface area contributed by atoms with Crippen LogP contribution >= 0.6 is 0 Å². The van der Waals surface area contributed by atoms with Crippen LogP contribution in [-0.2, 0) is 16.5 Å². The summed E-state index contributed by atoms with van der Waals surface area (Å²) in [5, 5.41) is 4.47. The zero-order valence-electron chi connectivity index (χ0n) is 12.1. The second kappa shape index (κ2) is 6.75. The highest BCUT2D eigenvalue weighted by Crippen LogP contribution is 2.25. The van der Waals surface area contributed by atoms with E-state index in [2.05, 4.69) is 25.9 Å². The van der Waals surface area contributed by atoms with Crippen molar-refractivity contribution in [1.82, 2.24) is 9.78 Å². The van der Waals surface area contributed by atoms with E-state index in [0.29, 0.717) is 18.4 Å². The molecule has 0 radical (unpaired) electrons. The number of ether oxygens (including phenoxy) is 3. The normalized spacial score (nSPS) is 13.3. The fourth-order valence-electron chi connectivity index (χ4n) is 1.56. The minimum atomic E-state index is -0.356. The van der Waals surface area contributed by atoms with Gasteiger partial charge in [-0.05, 0) is 5.92 Å². The SMILES string of the molecule is COC(COc1cc(C(C)C(C)C)nn1C)OC. The fourth-order valence-corrected chi connectivity index (χ4v) is 1.56. The van der Waals surface area contributed by atoms with Crippen LogP contribution < -0.4 is 4.74 Å². The Bertz CT molecular complexity index is 359. The summed E-state index contributed by atoms with van der Waals surface area (Å²) in [5.41, 5.74) is 1.05. The molecule has 0 aliphatic heterocycles. The van der Waals surface area contributed by atoms with Gasteiger partial charge in [0.1, 0.15) is 6.61 Å². The summed E-state index contributed by atoms with van der Waals surface area (Å²) >= 11 is 0. The summed E-state index contributed by atoms with van der Waals surface area (Å²) in [4.78, 5) is 0. The molecule has 1 atom stereocenters. The van der Waals surface area contributed by atoms with Crippen molar-refractivity contribution >= 4 is 0 Å². The van der Waals surface area contributed by atoms with Crippen LogP contribution in [0.4, 0.5) is 0 Å². The first-order chi connectivity index (χ1) is 8.49. The van der Waals surface area contributed by atoms with Crippen LogP contribution in [0.25, 0.3) is 0 Å². The van der Waals surface area contributed by atoms with E-state index >= 15 is 0 Å². The fraction of sp³-hybridized carbons (Fsp3) is 0.769. The Morgan fingerprint density at radius 1 is 1.22 bits per heavy atom. The molecule has 0 aliphatic rings. The third kappa shape index (κ3) is 3.71. The van der Waals surface area contributed by atoms with Gasteiger partial charge in [0.2, 0.25) is 5.88 Å². The molecular formula is C13H24N2O3. The molecule has 1 unspecified atom stereocenters. The Balaban J connectivity index is 2.67. The molecule has 18 heavy (non-hydrogen) atoms. The van der Waals surface area contributed by atoms with Gasteiger partial charge in [-0.3, -0.25) is 0 Å². The molecule has 0 fully saturated rings. The molecule has 5 nitrogen and oxygen atoms in total. The molecule has 0 aliphatic carbocycles. The Hall–Kier alpha value is -1.07. The van der Waals surface area contributed by atoms with E-state index in [1.165, 1.54) is 0 Å². The average Bonchev–Trinajstić information content (AvgIpc) is 2.71. The van der Waals surface area contributed by atoms with Crippen molar-refractivity contribution in [1.29, 1.82) is 0 Å². The van der Waals surface area contributed by atoms with Crippen LogP contribution in [0.1, 0.15) is 32.4 Å². The second-order valence-electron chi connectivity index (χ2n) is 4.78. The number of methoxy groups -OCH3 is 2. The average molecular weight is 256 g/mol. The molecule has 0 aromatic carbocycles. The van der Waals surface area contributed by atoms with Crippen LogP contribution in [0.3, 0.4) is 0 Å². The highest BCUT2D eigenvalue weighted by molar-refractivity contribution is 5.19. The molecule has 1 heterocycles. The largest absolute Gasteiger partial charge is 0.472 e. The summed E-state index contributed by atoms with van der Waals surface area (Å²) in [6, 6.07) is 1.98. The zero-order chi connectivity index (χ0) is 13.7. The van der Waals surface area contributed by atoms with Crippen LogP contribution in [0.2, 0.25) is 0 Å². The quantitative estimate of drug-likeness (QED) is 0.701. The summed E-state index contributed by atoms with van der Waals surface area (Å²) in [7, 11) is 5.06. The molecule has 104 valence electrons. The number of hydrogen-bond acceptors (Lipinski definition) is 4. The number of nitrogens with zero attached hydrogens (tertiary/aromatic N) is 2. The van der Waals surface area contributed by atoms with E-state index in [-0.39, 0.29) is 6.29 Å². The Kier molecular flexibility index (Phi) is 5.62. The van der Waals surface area contributed by atoms with Gasteiger partial charge in [0, 0.05) is 33.3 Å². The molecule has 0 N–H and O–H groups in total. The topological polar surface area (TPSA) is 45.5 Å². The molecule has 0 bridgehead atoms. The summed E-state index contributed by atoms with van der Waals surface area (Å²) in [5.74, 6) is 1.70. The van der Waals surface area contributed by atoms with Gasteiger partial charge in [0.05, 0.1) is 5.69 Å². The summed E-state index contributed by atoms with van der Waals surface area (Å²) in [6.45, 7) is 6.89. The molecular weight excluding hydrogens is 232 g/mol. The lowest BCUT2D eigenvalue weighted by molar-refractivity contribution is -0.122. The second-order valence-corrected chi connectivity index (χ2v) is 4.78. The third-order valence-corrected chi connectivity index (χ3v) is 3.22. The maximum Gasteiger partial charge on any atom is 0.211 e. The predicted octanol–water partition coefficient (Wildman–Crippen LogP) is 2.18. The molecule has 0 spiro atoms. The number of aromatic nitrogens is 2. The van der Waals surface area contributed by atoms with E-state index in [1.54, 1.807) is 18.9 Å². The highest BCUT2D eigenvalue weighted by Gasteiger charge is 2.16. The predicted molar refractivity (Wildman–Crippen MR) is 69.8 cm³/mol. The van der Waals surface area contributed by atoms with E-state index in [1.807, 2.05) is 13.1 Å². The number of rotatable bonds is 7. The van der Waals surface area contributed by atoms with Gasteiger partial charge in [-0.25, -0.2) is 4.68 Å². The lowest BCUT2D eigenvalue weighted by Crippen LogP contribution is -2.22. The monoisotopic (exact) mass is 256 g/mol. The minimum absolute atomic E-state index is 0.349. The van der Waals surface area contributed by atoms with Crippen LogP contribution in [-0.4, -0.2) is 36.9 Å². The summed E-state index contributed by atoms with van der Waals surface area (Å²) in [6.07, 6.45) is -0.356. The van der Waals surface area contributed by atoms with E-state index in [4.69, 9.17) is 14.2 Å². The van der Waals surface area contributed by atoms with Gasteiger partial charge in [-0.2, -0.15) is 5.10 Å².